The molecule has 1 saturated heterocycles. The van der Waals surface area contributed by atoms with Crippen LogP contribution in [0.15, 0.2) is 29.8 Å². The Morgan fingerprint density at radius 3 is 2.36 bits per heavy atom. The highest BCUT2D eigenvalue weighted by Crippen LogP contribution is 2.33. The van der Waals surface area contributed by atoms with E-state index in [4.69, 9.17) is 9.47 Å². The van der Waals surface area contributed by atoms with E-state index in [0.717, 1.165) is 12.1 Å². The average Bonchev–Trinajstić information content (AvgIpc) is 2.89. The Labute approximate surface area is 159 Å². The van der Waals surface area contributed by atoms with Crippen LogP contribution in [0.4, 0.5) is 13.2 Å². The van der Waals surface area contributed by atoms with Gasteiger partial charge in [-0.25, -0.2) is 4.79 Å². The highest BCUT2D eigenvalue weighted by atomic mass is 19.4. The lowest BCUT2D eigenvalue weighted by Crippen LogP contribution is -2.40. The topological polar surface area (TPSA) is 82.1 Å². The van der Waals surface area contributed by atoms with E-state index in [2.05, 4.69) is 4.74 Å². The van der Waals surface area contributed by atoms with E-state index >= 15 is 0 Å². The maximum Gasteiger partial charge on any atom is 0.573 e. The average molecular weight is 402 g/mol. The third-order valence-electron chi connectivity index (χ3n) is 3.91. The minimum absolute atomic E-state index is 0.0133. The molecule has 1 aliphatic rings. The Balaban J connectivity index is 2.10. The summed E-state index contributed by atoms with van der Waals surface area (Å²) in [5.74, 6) is -1.59. The van der Waals surface area contributed by atoms with Crippen molar-refractivity contribution in [1.82, 2.24) is 0 Å². The van der Waals surface area contributed by atoms with Gasteiger partial charge in [0.2, 0.25) is 0 Å². The van der Waals surface area contributed by atoms with E-state index in [0.29, 0.717) is 5.56 Å². The third-order valence-corrected chi connectivity index (χ3v) is 3.91. The van der Waals surface area contributed by atoms with Gasteiger partial charge >= 0.3 is 18.3 Å². The standard InChI is InChI=1S/C19H21F3O6/c1-17(2,3)16(25)26-11-18(10-23)9-13(15(24)28-18)8-12-4-6-14(7-5-12)27-19(20,21)22/h4-8,23H,9-11H2,1-3H3/b13-8-. The molecule has 1 atom stereocenters. The number of hydrogen-bond acceptors (Lipinski definition) is 6. The van der Waals surface area contributed by atoms with Gasteiger partial charge in [-0.05, 0) is 44.5 Å². The largest absolute Gasteiger partial charge is 0.573 e. The van der Waals surface area contributed by atoms with Gasteiger partial charge in [-0.2, -0.15) is 0 Å². The van der Waals surface area contributed by atoms with Gasteiger partial charge in [0.15, 0.2) is 5.60 Å². The van der Waals surface area contributed by atoms with Crippen LogP contribution in [0.1, 0.15) is 32.8 Å². The van der Waals surface area contributed by atoms with Crippen molar-refractivity contribution in [3.8, 4) is 5.75 Å². The predicted molar refractivity (Wildman–Crippen MR) is 92.0 cm³/mol. The molecule has 2 rings (SSSR count). The first-order valence-electron chi connectivity index (χ1n) is 8.41. The molecule has 0 spiro atoms. The lowest BCUT2D eigenvalue weighted by molar-refractivity contribution is -0.274. The molecule has 1 heterocycles. The molecule has 1 fully saturated rings. The fourth-order valence-corrected chi connectivity index (χ4v) is 2.42. The monoisotopic (exact) mass is 402 g/mol. The van der Waals surface area contributed by atoms with Gasteiger partial charge in [-0.1, -0.05) is 12.1 Å². The van der Waals surface area contributed by atoms with E-state index in [-0.39, 0.29) is 24.4 Å². The van der Waals surface area contributed by atoms with Crippen molar-refractivity contribution in [2.45, 2.75) is 39.2 Å². The van der Waals surface area contributed by atoms with Crippen LogP contribution in [0, 0.1) is 5.41 Å². The number of benzene rings is 1. The van der Waals surface area contributed by atoms with Crippen molar-refractivity contribution in [3.63, 3.8) is 0 Å². The molecule has 0 aliphatic carbocycles. The van der Waals surface area contributed by atoms with Gasteiger partial charge in [0.25, 0.3) is 0 Å². The fourth-order valence-electron chi connectivity index (χ4n) is 2.42. The van der Waals surface area contributed by atoms with Crippen LogP contribution in [0.2, 0.25) is 0 Å². The second-order valence-corrected chi connectivity index (χ2v) is 7.52. The molecule has 1 unspecified atom stereocenters. The van der Waals surface area contributed by atoms with Crippen molar-refractivity contribution in [3.05, 3.63) is 35.4 Å². The van der Waals surface area contributed by atoms with Gasteiger partial charge in [0, 0.05) is 12.0 Å². The number of esters is 2. The maximum absolute atomic E-state index is 12.2. The van der Waals surface area contributed by atoms with Crippen LogP contribution >= 0.6 is 0 Å². The minimum atomic E-state index is -4.79. The smallest absolute Gasteiger partial charge is 0.461 e. The van der Waals surface area contributed by atoms with E-state index in [9.17, 15) is 27.9 Å². The number of rotatable bonds is 5. The quantitative estimate of drug-likeness (QED) is 0.602. The SMILES string of the molecule is CC(C)(C)C(=O)OCC1(CO)C/C(=C/c2ccc(OC(F)(F)F)cc2)C(=O)O1. The highest BCUT2D eigenvalue weighted by Gasteiger charge is 2.45. The first kappa shape index (κ1) is 21.7. The number of aliphatic hydroxyl groups is 1. The summed E-state index contributed by atoms with van der Waals surface area (Å²) >= 11 is 0. The fraction of sp³-hybridized carbons (Fsp3) is 0.474. The summed E-state index contributed by atoms with van der Waals surface area (Å²) in [6.07, 6.45) is -3.37. The van der Waals surface area contributed by atoms with Gasteiger partial charge in [-0.15, -0.1) is 13.2 Å². The molecule has 28 heavy (non-hydrogen) atoms. The Kier molecular flexibility index (Phi) is 6.08. The molecule has 6 nitrogen and oxygen atoms in total. The summed E-state index contributed by atoms with van der Waals surface area (Å²) in [5, 5.41) is 9.66. The number of halogens is 3. The number of ether oxygens (including phenoxy) is 3. The van der Waals surface area contributed by atoms with Crippen molar-refractivity contribution in [1.29, 1.82) is 0 Å². The van der Waals surface area contributed by atoms with Crippen molar-refractivity contribution < 1.29 is 42.1 Å². The number of carbonyl (C=O) groups is 2. The molecule has 0 amide bonds. The van der Waals surface area contributed by atoms with Gasteiger partial charge in [-0.3, -0.25) is 4.79 Å². The Bertz CT molecular complexity index is 761. The Hall–Kier alpha value is -2.55. The van der Waals surface area contributed by atoms with Crippen LogP contribution < -0.4 is 4.74 Å². The lowest BCUT2D eigenvalue weighted by Gasteiger charge is -2.26. The third kappa shape index (κ3) is 5.72. The molecule has 0 saturated carbocycles. The Morgan fingerprint density at radius 2 is 1.86 bits per heavy atom. The first-order chi connectivity index (χ1) is 12.8. The molecular weight excluding hydrogens is 381 g/mol. The highest BCUT2D eigenvalue weighted by molar-refractivity contribution is 5.96. The lowest BCUT2D eigenvalue weighted by atomic mass is 9.96. The molecule has 1 aromatic rings. The van der Waals surface area contributed by atoms with Crippen molar-refractivity contribution >= 4 is 18.0 Å². The molecular formula is C19H21F3O6. The summed E-state index contributed by atoms with van der Waals surface area (Å²) in [6, 6.07) is 4.93. The molecule has 154 valence electrons. The van der Waals surface area contributed by atoms with E-state index in [1.807, 2.05) is 0 Å². The van der Waals surface area contributed by atoms with Crippen LogP contribution in [-0.2, 0) is 19.1 Å². The van der Waals surface area contributed by atoms with E-state index in [1.54, 1.807) is 20.8 Å². The zero-order valence-corrected chi connectivity index (χ0v) is 15.6. The molecule has 0 bridgehead atoms. The van der Waals surface area contributed by atoms with E-state index in [1.165, 1.54) is 18.2 Å². The summed E-state index contributed by atoms with van der Waals surface area (Å²) < 4.78 is 50.8. The minimum Gasteiger partial charge on any atom is -0.461 e. The summed E-state index contributed by atoms with van der Waals surface area (Å²) in [6.45, 7) is 4.14. The molecule has 0 radical (unpaired) electrons. The molecule has 1 N–H and O–H groups in total. The number of alkyl halides is 3. The first-order valence-corrected chi connectivity index (χ1v) is 8.41. The zero-order chi connectivity index (χ0) is 21.2. The summed E-state index contributed by atoms with van der Waals surface area (Å²) in [7, 11) is 0. The molecule has 9 heteroatoms. The van der Waals surface area contributed by atoms with Gasteiger partial charge < -0.3 is 19.3 Å². The summed E-state index contributed by atoms with van der Waals surface area (Å²) in [4.78, 5) is 24.0. The van der Waals surface area contributed by atoms with Crippen LogP contribution in [-0.4, -0.2) is 42.2 Å². The van der Waals surface area contributed by atoms with Crippen LogP contribution in [0.5, 0.6) is 5.75 Å². The number of carbonyl (C=O) groups excluding carboxylic acids is 2. The van der Waals surface area contributed by atoms with Gasteiger partial charge in [0.1, 0.15) is 12.4 Å². The molecule has 0 aromatic heterocycles. The van der Waals surface area contributed by atoms with Crippen molar-refractivity contribution in [2.24, 2.45) is 5.41 Å². The molecule has 1 aliphatic heterocycles. The predicted octanol–water partition coefficient (Wildman–Crippen LogP) is 3.24. The van der Waals surface area contributed by atoms with Crippen LogP contribution in [0.3, 0.4) is 0 Å². The van der Waals surface area contributed by atoms with Crippen LogP contribution in [0.25, 0.3) is 6.08 Å². The van der Waals surface area contributed by atoms with Crippen molar-refractivity contribution in [2.75, 3.05) is 13.2 Å². The van der Waals surface area contributed by atoms with Gasteiger partial charge in [0.05, 0.1) is 12.0 Å². The number of aliphatic hydroxyl groups excluding tert-OH is 1. The second-order valence-electron chi connectivity index (χ2n) is 7.52. The zero-order valence-electron chi connectivity index (χ0n) is 15.6. The summed E-state index contributed by atoms with van der Waals surface area (Å²) in [5.41, 5.74) is -1.49. The Morgan fingerprint density at radius 1 is 1.25 bits per heavy atom. The number of hydrogen-bond donors (Lipinski definition) is 1. The van der Waals surface area contributed by atoms with E-state index < -0.39 is 35.9 Å². The molecule has 1 aromatic carbocycles. The number of cyclic esters (lactones) is 1. The maximum atomic E-state index is 12.2. The second kappa shape index (κ2) is 7.83. The normalized spacial score (nSPS) is 21.5.